The van der Waals surface area contributed by atoms with E-state index >= 15 is 0 Å². The lowest BCUT2D eigenvalue weighted by Gasteiger charge is -2.49. The van der Waals surface area contributed by atoms with E-state index in [9.17, 15) is 34.6 Å². The first kappa shape index (κ1) is 44.8. The maximum absolute atomic E-state index is 12.6. The number of carbonyl (C=O) groups is 5. The van der Waals surface area contributed by atoms with E-state index in [1.807, 2.05) is 60.7 Å². The van der Waals surface area contributed by atoms with Crippen LogP contribution in [-0.4, -0.2) is 118 Å². The molecular formula is C38H50N4O14Si. The lowest BCUT2D eigenvalue weighted by Crippen LogP contribution is -2.70. The van der Waals surface area contributed by atoms with Crippen molar-refractivity contribution in [2.75, 3.05) is 13.2 Å². The van der Waals surface area contributed by atoms with Crippen LogP contribution in [0.15, 0.2) is 65.8 Å². The average Bonchev–Trinajstić information content (AvgIpc) is 3.12. The van der Waals surface area contributed by atoms with Crippen LogP contribution in [0.2, 0.25) is 5.04 Å². The van der Waals surface area contributed by atoms with Crippen molar-refractivity contribution in [1.29, 1.82) is 0 Å². The Balaban J connectivity index is 1.86. The van der Waals surface area contributed by atoms with E-state index in [2.05, 4.69) is 36.1 Å². The van der Waals surface area contributed by atoms with Crippen LogP contribution in [0.4, 0.5) is 0 Å². The number of aliphatic hydroxyl groups excluding tert-OH is 1. The van der Waals surface area contributed by atoms with Gasteiger partial charge in [-0.2, -0.15) is 0 Å². The van der Waals surface area contributed by atoms with E-state index in [1.165, 1.54) is 6.92 Å². The van der Waals surface area contributed by atoms with E-state index in [-0.39, 0.29) is 6.61 Å². The topological polar surface area (TPSA) is 240 Å². The number of hydrogen-bond donors (Lipinski definition) is 2. The summed E-state index contributed by atoms with van der Waals surface area (Å²) in [5.74, 6) is -3.88. The van der Waals surface area contributed by atoms with Gasteiger partial charge in [0, 0.05) is 39.5 Å². The molecule has 18 nitrogen and oxygen atoms in total. The molecule has 2 heterocycles. The lowest BCUT2D eigenvalue weighted by atomic mass is 9.94. The Bertz CT molecular complexity index is 1730. The molecule has 4 rings (SSSR count). The molecule has 0 aliphatic carbocycles. The van der Waals surface area contributed by atoms with Gasteiger partial charge in [0.2, 0.25) is 5.91 Å². The number of ether oxygens (including phenoxy) is 7. The number of rotatable bonds is 14. The molecule has 0 aromatic heterocycles. The molecule has 0 radical (unpaired) electrons. The van der Waals surface area contributed by atoms with Gasteiger partial charge in [-0.3, -0.25) is 24.0 Å². The van der Waals surface area contributed by atoms with Crippen molar-refractivity contribution in [1.82, 2.24) is 5.32 Å². The fraction of sp³-hybridized carbons (Fsp3) is 0.553. The minimum atomic E-state index is -3.29. The Hall–Kier alpha value is -4.88. The average molecular weight is 815 g/mol. The summed E-state index contributed by atoms with van der Waals surface area (Å²) in [5, 5.41) is 19.7. The molecule has 2 aromatic carbocycles. The molecule has 2 fully saturated rings. The fourth-order valence-corrected chi connectivity index (χ4v) is 11.8. The van der Waals surface area contributed by atoms with Gasteiger partial charge in [0.05, 0.1) is 12.6 Å². The fourth-order valence-electron chi connectivity index (χ4n) is 7.20. The summed E-state index contributed by atoms with van der Waals surface area (Å²) in [5.41, 5.74) is 9.51. The van der Waals surface area contributed by atoms with Crippen molar-refractivity contribution in [3.8, 4) is 0 Å². The molecule has 2 aliphatic heterocycles. The number of amides is 1. The highest BCUT2D eigenvalue weighted by Gasteiger charge is 2.57. The number of hydrogen-bond acceptors (Lipinski definition) is 15. The maximum atomic E-state index is 12.6. The molecule has 2 N–H and O–H groups in total. The second-order valence-corrected chi connectivity index (χ2v) is 18.9. The molecule has 10 atom stereocenters. The van der Waals surface area contributed by atoms with Crippen LogP contribution in [0.25, 0.3) is 10.4 Å². The Morgan fingerprint density at radius 3 is 1.74 bits per heavy atom. The monoisotopic (exact) mass is 814 g/mol. The van der Waals surface area contributed by atoms with Crippen LogP contribution in [-0.2, 0) is 61.6 Å². The van der Waals surface area contributed by atoms with Crippen molar-refractivity contribution < 1.29 is 66.7 Å². The molecule has 57 heavy (non-hydrogen) atoms. The molecule has 310 valence electrons. The molecule has 19 heteroatoms. The van der Waals surface area contributed by atoms with Crippen LogP contribution >= 0.6 is 0 Å². The third kappa shape index (κ3) is 11.0. The van der Waals surface area contributed by atoms with Gasteiger partial charge in [-0.1, -0.05) is 86.5 Å². The van der Waals surface area contributed by atoms with Crippen LogP contribution in [0, 0.1) is 0 Å². The third-order valence-corrected chi connectivity index (χ3v) is 14.4. The number of nitrogens with zero attached hydrogens (tertiary/aromatic N) is 3. The summed E-state index contributed by atoms with van der Waals surface area (Å²) in [7, 11) is -3.29. The number of benzene rings is 2. The zero-order valence-electron chi connectivity index (χ0n) is 33.1. The Labute approximate surface area is 331 Å². The van der Waals surface area contributed by atoms with Gasteiger partial charge < -0.3 is 48.0 Å². The summed E-state index contributed by atoms with van der Waals surface area (Å²) in [6.07, 6.45) is -13.8. The number of esters is 4. The summed E-state index contributed by atoms with van der Waals surface area (Å²) >= 11 is 0. The predicted molar refractivity (Wildman–Crippen MR) is 202 cm³/mol. The Morgan fingerprint density at radius 1 is 0.754 bits per heavy atom. The minimum Gasteiger partial charge on any atom is -0.463 e. The van der Waals surface area contributed by atoms with E-state index in [0.29, 0.717) is 0 Å². The van der Waals surface area contributed by atoms with Gasteiger partial charge >= 0.3 is 23.9 Å². The number of nitrogens with one attached hydrogen (secondary N) is 1. The normalized spacial score (nSPS) is 27.5. The predicted octanol–water partition coefficient (Wildman–Crippen LogP) is 1.93. The first-order chi connectivity index (χ1) is 26.9. The van der Waals surface area contributed by atoms with Crippen LogP contribution in [0.5, 0.6) is 0 Å². The first-order valence-electron chi connectivity index (χ1n) is 18.2. The van der Waals surface area contributed by atoms with E-state index in [0.717, 1.165) is 38.1 Å². The zero-order valence-corrected chi connectivity index (χ0v) is 34.1. The molecule has 1 amide bonds. The summed E-state index contributed by atoms with van der Waals surface area (Å²) in [4.78, 5) is 64.5. The first-order valence-corrected chi connectivity index (χ1v) is 20.2. The van der Waals surface area contributed by atoms with Gasteiger partial charge in [0.25, 0.3) is 8.32 Å². The standard InChI is InChI=1S/C38H50N4O14Si/c1-21(43)40-30-31(48)32(56-37-35(53-25(5)47)34(52-24(4)46)33(51-23(3)45)28(55-37)19-49-22(2)44)29(54-36(30)41-42-39)20-50-57(38(6,7)8,26-15-11-9-12-16-26)27-17-13-10-14-18-27/h9-18,28-37,48H,19-20H2,1-8H3,(H,40,43)/t28-,29-,30-,31-,32-,33+,34+,35-,36-,37+/m1/s1. The Kier molecular flexibility index (Phi) is 15.3. The quantitative estimate of drug-likeness (QED) is 0.0692. The van der Waals surface area contributed by atoms with Gasteiger partial charge in [-0.05, 0) is 20.9 Å². The summed E-state index contributed by atoms with van der Waals surface area (Å²) in [6, 6.07) is 17.9. The Morgan fingerprint density at radius 2 is 1.26 bits per heavy atom. The molecule has 2 aliphatic rings. The highest BCUT2D eigenvalue weighted by Crippen LogP contribution is 2.39. The summed E-state index contributed by atoms with van der Waals surface area (Å²) in [6.45, 7) is 10.9. The van der Waals surface area contributed by atoms with Crippen LogP contribution in [0.1, 0.15) is 55.4 Å². The van der Waals surface area contributed by atoms with Gasteiger partial charge in [-0.25, -0.2) is 0 Å². The molecule has 2 saturated heterocycles. The molecule has 0 bridgehead atoms. The van der Waals surface area contributed by atoms with Crippen molar-refractivity contribution in [3.05, 3.63) is 71.1 Å². The van der Waals surface area contributed by atoms with E-state index < -0.39 is 111 Å². The van der Waals surface area contributed by atoms with Crippen LogP contribution in [0.3, 0.4) is 0 Å². The van der Waals surface area contributed by atoms with Crippen molar-refractivity contribution >= 4 is 48.5 Å². The van der Waals surface area contributed by atoms with Crippen molar-refractivity contribution in [2.24, 2.45) is 5.11 Å². The van der Waals surface area contributed by atoms with E-state index in [4.69, 9.17) is 37.6 Å². The number of aliphatic hydroxyl groups is 1. The smallest absolute Gasteiger partial charge is 0.303 e. The van der Waals surface area contributed by atoms with Crippen molar-refractivity contribution in [2.45, 2.75) is 122 Å². The number of azide groups is 1. The lowest BCUT2D eigenvalue weighted by molar-refractivity contribution is -0.338. The third-order valence-electron chi connectivity index (χ3n) is 9.35. The number of carbonyl (C=O) groups excluding carboxylic acids is 5. The maximum Gasteiger partial charge on any atom is 0.303 e. The molecular weight excluding hydrogens is 765 g/mol. The van der Waals surface area contributed by atoms with Gasteiger partial charge in [0.1, 0.15) is 31.0 Å². The SMILES string of the molecule is CC(=O)N[C@@H]1[C@@H](O)[C@H](O[C@@H]2O[C@H](COC(C)=O)[C@H](OC(C)=O)[C@H](OC(C)=O)[C@H]2OC(C)=O)[C@@H](CO[Si](c2ccccc2)(c2ccccc2)C(C)(C)C)O[C@H]1N=[N+]=[N-]. The van der Waals surface area contributed by atoms with Gasteiger partial charge in [0.15, 0.2) is 30.8 Å². The summed E-state index contributed by atoms with van der Waals surface area (Å²) < 4.78 is 47.9. The molecule has 2 aromatic rings. The van der Waals surface area contributed by atoms with Crippen LogP contribution < -0.4 is 15.7 Å². The highest BCUT2D eigenvalue weighted by molar-refractivity contribution is 6.99. The second kappa shape index (κ2) is 19.5. The molecule has 0 spiro atoms. The van der Waals surface area contributed by atoms with Gasteiger partial charge in [-0.15, -0.1) is 0 Å². The second-order valence-electron chi connectivity index (χ2n) is 14.6. The van der Waals surface area contributed by atoms with E-state index in [1.54, 1.807) is 0 Å². The largest absolute Gasteiger partial charge is 0.463 e. The van der Waals surface area contributed by atoms with Crippen molar-refractivity contribution in [3.63, 3.8) is 0 Å². The highest BCUT2D eigenvalue weighted by atomic mass is 28.4. The molecule has 0 saturated carbocycles. The molecule has 0 unspecified atom stereocenters. The minimum absolute atomic E-state index is 0.287. The zero-order chi connectivity index (χ0) is 42.1.